The summed E-state index contributed by atoms with van der Waals surface area (Å²) in [6.07, 6.45) is 1.45. The van der Waals surface area contributed by atoms with Crippen LogP contribution in [-0.4, -0.2) is 24.4 Å². The van der Waals surface area contributed by atoms with Crippen LogP contribution < -0.4 is 9.47 Å². The average Bonchev–Trinajstić information content (AvgIpc) is 2.38. The highest BCUT2D eigenvalue weighted by molar-refractivity contribution is 6.30. The molecular weight excluding hydrogens is 264 g/mol. The highest BCUT2D eigenvalue weighted by Gasteiger charge is 2.13. The molecule has 0 aromatic heterocycles. The minimum absolute atomic E-state index is 0.0223. The van der Waals surface area contributed by atoms with E-state index in [4.69, 9.17) is 21.1 Å². The zero-order chi connectivity index (χ0) is 14.3. The Morgan fingerprint density at radius 3 is 2.58 bits per heavy atom. The van der Waals surface area contributed by atoms with Crippen molar-refractivity contribution < 1.29 is 14.3 Å². The fraction of sp³-hybridized carbons (Fsp3) is 0.533. The SMILES string of the molecule is CCCOc1ccc(CC(Cl)C(C)=O)cc1OCC. The maximum absolute atomic E-state index is 11.2. The van der Waals surface area contributed by atoms with Crippen molar-refractivity contribution in [3.63, 3.8) is 0 Å². The number of halogens is 1. The number of carbonyl (C=O) groups excluding carboxylic acids is 1. The molecule has 0 aliphatic carbocycles. The molecule has 0 heterocycles. The van der Waals surface area contributed by atoms with E-state index in [2.05, 4.69) is 6.92 Å². The fourth-order valence-electron chi connectivity index (χ4n) is 1.63. The maximum Gasteiger partial charge on any atom is 0.161 e. The first kappa shape index (κ1) is 15.8. The molecule has 0 saturated heterocycles. The summed E-state index contributed by atoms with van der Waals surface area (Å²) in [6, 6.07) is 5.69. The normalized spacial score (nSPS) is 12.0. The molecule has 0 radical (unpaired) electrons. The van der Waals surface area contributed by atoms with Crippen molar-refractivity contribution in [2.24, 2.45) is 0 Å². The number of Topliss-reactive ketones (excluding diaryl/α,β-unsaturated/α-hetero) is 1. The van der Waals surface area contributed by atoms with Gasteiger partial charge in [0.2, 0.25) is 0 Å². The van der Waals surface area contributed by atoms with Crippen LogP contribution in [0.1, 0.15) is 32.8 Å². The van der Waals surface area contributed by atoms with E-state index in [1.807, 2.05) is 25.1 Å². The second-order valence-electron chi connectivity index (χ2n) is 4.34. The molecule has 0 fully saturated rings. The Kier molecular flexibility index (Phi) is 6.71. The molecule has 1 rings (SSSR count). The Labute approximate surface area is 119 Å². The highest BCUT2D eigenvalue weighted by atomic mass is 35.5. The van der Waals surface area contributed by atoms with Gasteiger partial charge in [-0.15, -0.1) is 11.6 Å². The average molecular weight is 285 g/mol. The number of carbonyl (C=O) groups is 1. The third kappa shape index (κ3) is 5.11. The van der Waals surface area contributed by atoms with Crippen LogP contribution in [0.15, 0.2) is 18.2 Å². The number of ketones is 1. The van der Waals surface area contributed by atoms with E-state index in [1.54, 1.807) is 0 Å². The van der Waals surface area contributed by atoms with Gasteiger partial charge in [0.1, 0.15) is 5.78 Å². The van der Waals surface area contributed by atoms with Gasteiger partial charge in [0.15, 0.2) is 11.5 Å². The first-order chi connectivity index (χ1) is 9.08. The van der Waals surface area contributed by atoms with Crippen molar-refractivity contribution in [1.82, 2.24) is 0 Å². The van der Waals surface area contributed by atoms with E-state index >= 15 is 0 Å². The van der Waals surface area contributed by atoms with E-state index in [1.165, 1.54) is 6.92 Å². The van der Waals surface area contributed by atoms with Crippen LogP contribution in [-0.2, 0) is 11.2 Å². The van der Waals surface area contributed by atoms with E-state index in [0.717, 1.165) is 17.7 Å². The molecule has 0 aliphatic heterocycles. The van der Waals surface area contributed by atoms with Gasteiger partial charge in [-0.3, -0.25) is 4.79 Å². The first-order valence-corrected chi connectivity index (χ1v) is 7.05. The van der Waals surface area contributed by atoms with Gasteiger partial charge in [-0.05, 0) is 44.4 Å². The summed E-state index contributed by atoms with van der Waals surface area (Å²) in [5.74, 6) is 1.42. The van der Waals surface area contributed by atoms with E-state index in [9.17, 15) is 4.79 Å². The minimum Gasteiger partial charge on any atom is -0.490 e. The summed E-state index contributed by atoms with van der Waals surface area (Å²) in [6.45, 7) is 6.71. The topological polar surface area (TPSA) is 35.5 Å². The predicted octanol–water partition coefficient (Wildman–Crippen LogP) is 3.61. The molecule has 1 atom stereocenters. The standard InChI is InChI=1S/C15H21ClO3/c1-4-8-19-14-7-6-12(9-13(16)11(3)17)10-15(14)18-5-2/h6-7,10,13H,4-5,8-9H2,1-3H3. The van der Waals surface area contributed by atoms with Crippen LogP contribution in [0.2, 0.25) is 0 Å². The van der Waals surface area contributed by atoms with Crippen molar-refractivity contribution in [2.75, 3.05) is 13.2 Å². The number of ether oxygens (including phenoxy) is 2. The lowest BCUT2D eigenvalue weighted by Crippen LogP contribution is -2.13. The largest absolute Gasteiger partial charge is 0.490 e. The number of rotatable bonds is 8. The van der Waals surface area contributed by atoms with Crippen molar-refractivity contribution >= 4 is 17.4 Å². The lowest BCUT2D eigenvalue weighted by Gasteiger charge is -2.13. The lowest BCUT2D eigenvalue weighted by atomic mass is 10.1. The van der Waals surface area contributed by atoms with Crippen LogP contribution in [0.4, 0.5) is 0 Å². The molecule has 1 aromatic carbocycles. The molecule has 0 spiro atoms. The fourth-order valence-corrected chi connectivity index (χ4v) is 1.81. The summed E-state index contributed by atoms with van der Waals surface area (Å²) in [5.41, 5.74) is 0.975. The second-order valence-corrected chi connectivity index (χ2v) is 4.87. The first-order valence-electron chi connectivity index (χ1n) is 6.61. The number of hydrogen-bond acceptors (Lipinski definition) is 3. The molecule has 1 unspecified atom stereocenters. The van der Waals surface area contributed by atoms with Crippen LogP contribution in [0.3, 0.4) is 0 Å². The number of hydrogen-bond donors (Lipinski definition) is 0. The molecule has 3 nitrogen and oxygen atoms in total. The van der Waals surface area contributed by atoms with Crippen molar-refractivity contribution in [3.05, 3.63) is 23.8 Å². The molecule has 19 heavy (non-hydrogen) atoms. The van der Waals surface area contributed by atoms with Gasteiger partial charge >= 0.3 is 0 Å². The molecule has 1 aromatic rings. The molecule has 0 saturated carbocycles. The second kappa shape index (κ2) is 8.05. The monoisotopic (exact) mass is 284 g/mol. The molecule has 0 bridgehead atoms. The molecule has 0 amide bonds. The van der Waals surface area contributed by atoms with Gasteiger partial charge in [0, 0.05) is 0 Å². The minimum atomic E-state index is -0.489. The quantitative estimate of drug-likeness (QED) is 0.684. The molecule has 0 N–H and O–H groups in total. The van der Waals surface area contributed by atoms with Gasteiger partial charge < -0.3 is 9.47 Å². The predicted molar refractivity (Wildman–Crippen MR) is 77.4 cm³/mol. The summed E-state index contributed by atoms with van der Waals surface area (Å²) < 4.78 is 11.2. The van der Waals surface area contributed by atoms with Crippen LogP contribution in [0.5, 0.6) is 11.5 Å². The summed E-state index contributed by atoms with van der Waals surface area (Å²) >= 11 is 5.98. The van der Waals surface area contributed by atoms with Crippen LogP contribution in [0.25, 0.3) is 0 Å². The Morgan fingerprint density at radius 2 is 2.00 bits per heavy atom. The maximum atomic E-state index is 11.2. The van der Waals surface area contributed by atoms with Crippen molar-refractivity contribution in [3.8, 4) is 11.5 Å². The number of alkyl halides is 1. The third-order valence-corrected chi connectivity index (χ3v) is 3.09. The molecule has 4 heteroatoms. The van der Waals surface area contributed by atoms with E-state index < -0.39 is 5.38 Å². The summed E-state index contributed by atoms with van der Waals surface area (Å²) in [5, 5.41) is -0.489. The van der Waals surface area contributed by atoms with Gasteiger partial charge in [0.25, 0.3) is 0 Å². The van der Waals surface area contributed by atoms with Gasteiger partial charge in [-0.1, -0.05) is 13.0 Å². The van der Waals surface area contributed by atoms with Crippen molar-refractivity contribution in [2.45, 2.75) is 39.0 Å². The Bertz CT molecular complexity index is 418. The van der Waals surface area contributed by atoms with Crippen LogP contribution >= 0.6 is 11.6 Å². The molecule has 106 valence electrons. The summed E-state index contributed by atoms with van der Waals surface area (Å²) in [7, 11) is 0. The van der Waals surface area contributed by atoms with Crippen molar-refractivity contribution in [1.29, 1.82) is 0 Å². The number of benzene rings is 1. The third-order valence-electron chi connectivity index (χ3n) is 2.63. The molecule has 0 aliphatic rings. The van der Waals surface area contributed by atoms with E-state index in [-0.39, 0.29) is 5.78 Å². The van der Waals surface area contributed by atoms with E-state index in [0.29, 0.717) is 25.4 Å². The zero-order valence-electron chi connectivity index (χ0n) is 11.7. The molecular formula is C15H21ClO3. The smallest absolute Gasteiger partial charge is 0.161 e. The van der Waals surface area contributed by atoms with Crippen LogP contribution in [0, 0.1) is 0 Å². The van der Waals surface area contributed by atoms with Gasteiger partial charge in [-0.25, -0.2) is 0 Å². The Balaban J connectivity index is 2.85. The lowest BCUT2D eigenvalue weighted by molar-refractivity contribution is -0.116. The highest BCUT2D eigenvalue weighted by Crippen LogP contribution is 2.29. The zero-order valence-corrected chi connectivity index (χ0v) is 12.5. The van der Waals surface area contributed by atoms with Gasteiger partial charge in [0.05, 0.1) is 18.6 Å². The Morgan fingerprint density at radius 1 is 1.26 bits per heavy atom. The summed E-state index contributed by atoms with van der Waals surface area (Å²) in [4.78, 5) is 11.2. The van der Waals surface area contributed by atoms with Gasteiger partial charge in [-0.2, -0.15) is 0 Å². The Hall–Kier alpha value is -1.22.